The number of aryl methyl sites for hydroxylation is 1. The fraction of sp³-hybridized carbons (Fsp3) is 0.167. The number of nitrogens with one attached hydrogen (secondary N) is 2. The number of benzene rings is 1. The van der Waals surface area contributed by atoms with E-state index in [1.54, 1.807) is 46.9 Å². The maximum absolute atomic E-state index is 12.0. The van der Waals surface area contributed by atoms with E-state index in [9.17, 15) is 9.59 Å². The van der Waals surface area contributed by atoms with Crippen LogP contribution in [-0.2, 0) is 11.3 Å². The van der Waals surface area contributed by atoms with Crippen LogP contribution in [0.5, 0.6) is 0 Å². The SMILES string of the molecule is Cc1nc(-c2cccs2)sc1CNC(=O)CNC(=O)c1ccccc1. The van der Waals surface area contributed by atoms with E-state index in [-0.39, 0.29) is 18.4 Å². The van der Waals surface area contributed by atoms with Gasteiger partial charge in [-0.2, -0.15) is 0 Å². The van der Waals surface area contributed by atoms with Gasteiger partial charge in [0.15, 0.2) is 0 Å². The van der Waals surface area contributed by atoms with E-state index in [1.165, 1.54) is 0 Å². The molecule has 1 aromatic carbocycles. The Bertz CT molecular complexity index is 858. The van der Waals surface area contributed by atoms with Gasteiger partial charge in [0.2, 0.25) is 5.91 Å². The predicted molar refractivity (Wildman–Crippen MR) is 101 cm³/mol. The number of amides is 2. The van der Waals surface area contributed by atoms with Crippen LogP contribution in [0, 0.1) is 6.92 Å². The summed E-state index contributed by atoms with van der Waals surface area (Å²) in [6.07, 6.45) is 0. The zero-order valence-corrected chi connectivity index (χ0v) is 15.2. The highest BCUT2D eigenvalue weighted by molar-refractivity contribution is 7.21. The molecule has 25 heavy (non-hydrogen) atoms. The number of hydrogen-bond acceptors (Lipinski definition) is 5. The highest BCUT2D eigenvalue weighted by Crippen LogP contribution is 2.30. The van der Waals surface area contributed by atoms with Crippen LogP contribution in [0.3, 0.4) is 0 Å². The van der Waals surface area contributed by atoms with Crippen molar-refractivity contribution >= 4 is 34.5 Å². The molecule has 3 rings (SSSR count). The Morgan fingerprint density at radius 2 is 1.88 bits per heavy atom. The molecular weight excluding hydrogens is 354 g/mol. The van der Waals surface area contributed by atoms with E-state index in [0.29, 0.717) is 12.1 Å². The second-order valence-corrected chi connectivity index (χ2v) is 7.36. The number of carbonyl (C=O) groups is 2. The van der Waals surface area contributed by atoms with E-state index >= 15 is 0 Å². The molecule has 2 aromatic heterocycles. The van der Waals surface area contributed by atoms with Crippen molar-refractivity contribution in [3.8, 4) is 9.88 Å². The summed E-state index contributed by atoms with van der Waals surface area (Å²) in [6.45, 7) is 2.30. The lowest BCUT2D eigenvalue weighted by Gasteiger charge is -2.06. The van der Waals surface area contributed by atoms with E-state index in [2.05, 4.69) is 15.6 Å². The van der Waals surface area contributed by atoms with E-state index in [0.717, 1.165) is 20.5 Å². The van der Waals surface area contributed by atoms with Crippen LogP contribution in [0.2, 0.25) is 0 Å². The van der Waals surface area contributed by atoms with E-state index in [4.69, 9.17) is 0 Å². The molecule has 0 fully saturated rings. The largest absolute Gasteiger partial charge is 0.350 e. The lowest BCUT2D eigenvalue weighted by atomic mass is 10.2. The summed E-state index contributed by atoms with van der Waals surface area (Å²) in [5.41, 5.74) is 1.45. The number of hydrogen-bond donors (Lipinski definition) is 2. The molecular formula is C18H17N3O2S2. The van der Waals surface area contributed by atoms with Gasteiger partial charge < -0.3 is 10.6 Å². The number of aromatic nitrogens is 1. The van der Waals surface area contributed by atoms with E-state index in [1.807, 2.05) is 30.5 Å². The third kappa shape index (κ3) is 4.52. The van der Waals surface area contributed by atoms with Gasteiger partial charge in [0, 0.05) is 10.4 Å². The minimum absolute atomic E-state index is 0.0522. The average Bonchev–Trinajstić information content (AvgIpc) is 3.28. The number of thiazole rings is 1. The Morgan fingerprint density at radius 3 is 2.60 bits per heavy atom. The summed E-state index contributed by atoms with van der Waals surface area (Å²) in [5, 5.41) is 8.42. The maximum Gasteiger partial charge on any atom is 0.251 e. The van der Waals surface area contributed by atoms with Crippen LogP contribution in [0.1, 0.15) is 20.9 Å². The number of thiophene rings is 1. The minimum atomic E-state index is -0.260. The third-order valence-corrected chi connectivity index (χ3v) is 5.71. The van der Waals surface area contributed by atoms with Gasteiger partial charge in [0.05, 0.1) is 23.7 Å². The van der Waals surface area contributed by atoms with Crippen molar-refractivity contribution in [1.29, 1.82) is 0 Å². The molecule has 0 atom stereocenters. The molecule has 3 aromatic rings. The molecule has 2 N–H and O–H groups in total. The van der Waals surface area contributed by atoms with Crippen LogP contribution in [-0.4, -0.2) is 23.3 Å². The summed E-state index contributed by atoms with van der Waals surface area (Å²) < 4.78 is 0. The highest BCUT2D eigenvalue weighted by Gasteiger charge is 2.12. The Balaban J connectivity index is 1.50. The standard InChI is InChI=1S/C18H17N3O2S2/c1-12-15(25-18(21-12)14-8-5-9-24-14)10-19-16(22)11-20-17(23)13-6-3-2-4-7-13/h2-9H,10-11H2,1H3,(H,19,22)(H,20,23). The molecule has 0 aliphatic carbocycles. The van der Waals surface area contributed by atoms with Gasteiger partial charge >= 0.3 is 0 Å². The number of nitrogens with zero attached hydrogens (tertiary/aromatic N) is 1. The smallest absolute Gasteiger partial charge is 0.251 e. The second-order valence-electron chi connectivity index (χ2n) is 5.33. The molecule has 2 amide bonds. The summed E-state index contributed by atoms with van der Waals surface area (Å²) in [7, 11) is 0. The topological polar surface area (TPSA) is 71.1 Å². The Kier molecular flexibility index (Phi) is 5.57. The first kappa shape index (κ1) is 17.3. The Hall–Kier alpha value is -2.51. The van der Waals surface area contributed by atoms with Crippen LogP contribution in [0.15, 0.2) is 47.8 Å². The zero-order valence-electron chi connectivity index (χ0n) is 13.6. The summed E-state index contributed by atoms with van der Waals surface area (Å²) in [5.74, 6) is -0.487. The lowest BCUT2D eigenvalue weighted by molar-refractivity contribution is -0.120. The average molecular weight is 371 g/mol. The molecule has 5 nitrogen and oxygen atoms in total. The van der Waals surface area contributed by atoms with Crippen molar-refractivity contribution in [1.82, 2.24) is 15.6 Å². The van der Waals surface area contributed by atoms with E-state index < -0.39 is 0 Å². The van der Waals surface area contributed by atoms with Gasteiger partial charge in [-0.15, -0.1) is 22.7 Å². The normalized spacial score (nSPS) is 10.4. The molecule has 128 valence electrons. The summed E-state index contributed by atoms with van der Waals surface area (Å²) in [6, 6.07) is 12.9. The fourth-order valence-corrected chi connectivity index (χ4v) is 3.99. The quantitative estimate of drug-likeness (QED) is 0.699. The van der Waals surface area contributed by atoms with Gasteiger partial charge in [-0.1, -0.05) is 24.3 Å². The van der Waals surface area contributed by atoms with Crippen LogP contribution in [0.4, 0.5) is 0 Å². The second kappa shape index (κ2) is 8.04. The first-order chi connectivity index (χ1) is 12.1. The molecule has 0 saturated heterocycles. The van der Waals surface area contributed by atoms with Gasteiger partial charge in [-0.25, -0.2) is 4.98 Å². The zero-order chi connectivity index (χ0) is 17.6. The minimum Gasteiger partial charge on any atom is -0.350 e. The molecule has 0 bridgehead atoms. The number of rotatable bonds is 6. The summed E-state index contributed by atoms with van der Waals surface area (Å²) >= 11 is 3.22. The summed E-state index contributed by atoms with van der Waals surface area (Å²) in [4.78, 5) is 30.6. The van der Waals surface area contributed by atoms with Crippen molar-refractivity contribution < 1.29 is 9.59 Å². The van der Waals surface area contributed by atoms with Gasteiger partial charge in [0.1, 0.15) is 5.01 Å². The molecule has 0 spiro atoms. The van der Waals surface area contributed by atoms with Crippen molar-refractivity contribution in [3.63, 3.8) is 0 Å². The van der Waals surface area contributed by atoms with Crippen molar-refractivity contribution in [2.75, 3.05) is 6.54 Å². The molecule has 2 heterocycles. The molecule has 0 unspecified atom stereocenters. The first-order valence-electron chi connectivity index (χ1n) is 7.73. The Labute approximate surface area is 153 Å². The molecule has 7 heteroatoms. The first-order valence-corrected chi connectivity index (χ1v) is 9.43. The van der Waals surface area contributed by atoms with Gasteiger partial charge in [-0.05, 0) is 30.5 Å². The number of carbonyl (C=O) groups excluding carboxylic acids is 2. The predicted octanol–water partition coefficient (Wildman–Crippen LogP) is 3.23. The maximum atomic E-state index is 12.0. The van der Waals surface area contributed by atoms with Crippen molar-refractivity contribution in [2.24, 2.45) is 0 Å². The molecule has 0 aliphatic heterocycles. The molecule has 0 radical (unpaired) electrons. The highest BCUT2D eigenvalue weighted by atomic mass is 32.1. The van der Waals surface area contributed by atoms with Gasteiger partial charge in [-0.3, -0.25) is 9.59 Å². The van der Waals surface area contributed by atoms with Crippen LogP contribution in [0.25, 0.3) is 9.88 Å². The van der Waals surface area contributed by atoms with Crippen LogP contribution < -0.4 is 10.6 Å². The third-order valence-electron chi connectivity index (χ3n) is 3.52. The van der Waals surface area contributed by atoms with Crippen LogP contribution >= 0.6 is 22.7 Å². The van der Waals surface area contributed by atoms with Crippen molar-refractivity contribution in [2.45, 2.75) is 13.5 Å². The molecule has 0 aliphatic rings. The monoisotopic (exact) mass is 371 g/mol. The fourth-order valence-electron chi connectivity index (χ4n) is 2.19. The Morgan fingerprint density at radius 1 is 1.08 bits per heavy atom. The van der Waals surface area contributed by atoms with Gasteiger partial charge in [0.25, 0.3) is 5.91 Å². The van der Waals surface area contributed by atoms with Crippen molar-refractivity contribution in [3.05, 3.63) is 64.0 Å². The molecule has 0 saturated carbocycles. The lowest BCUT2D eigenvalue weighted by Crippen LogP contribution is -2.36.